The second kappa shape index (κ2) is 62.6. The molecule has 6 unspecified atom stereocenters. The van der Waals surface area contributed by atoms with Gasteiger partial charge in [-0.25, -0.2) is 4.79 Å². The summed E-state index contributed by atoms with van der Waals surface area (Å²) in [5.41, 5.74) is 0. The number of aliphatic carboxylic acids is 1. The summed E-state index contributed by atoms with van der Waals surface area (Å²) in [7, 11) is 0. The maximum absolute atomic E-state index is 13.3. The SMILES string of the molecule is CCCCC/C=C\C/C=C\CCCCCCCCCCCC(=O)OCC(COC1OC(C(=O)O)C(O)C(O)C1OC(=O)CCCCCCCCCCC/C=C\C/C=C\CCCCC)OC(=O)CCCCCCCCCCC/C=C\CCCCCCCC. The van der Waals surface area contributed by atoms with Crippen molar-refractivity contribution < 1.29 is 58.2 Å². The van der Waals surface area contributed by atoms with Gasteiger partial charge in [-0.3, -0.25) is 14.4 Å². The molecule has 1 heterocycles. The molecular weight excluding hydrogens is 1090 g/mol. The van der Waals surface area contributed by atoms with E-state index in [1.165, 1.54) is 193 Å². The molecule has 3 N–H and O–H groups in total. The first-order chi connectivity index (χ1) is 42.6. The van der Waals surface area contributed by atoms with Crippen molar-refractivity contribution in [2.45, 2.75) is 379 Å². The van der Waals surface area contributed by atoms with E-state index in [9.17, 15) is 34.5 Å². The lowest BCUT2D eigenvalue weighted by Crippen LogP contribution is -2.61. The van der Waals surface area contributed by atoms with Crippen LogP contribution in [0.4, 0.5) is 0 Å². The third-order valence-electron chi connectivity index (χ3n) is 16.5. The molecule has 0 aromatic rings. The summed E-state index contributed by atoms with van der Waals surface area (Å²) in [5, 5.41) is 31.7. The average molecular weight is 1230 g/mol. The van der Waals surface area contributed by atoms with Crippen molar-refractivity contribution in [3.63, 3.8) is 0 Å². The van der Waals surface area contributed by atoms with Gasteiger partial charge in [0.2, 0.25) is 0 Å². The van der Waals surface area contributed by atoms with Gasteiger partial charge < -0.3 is 39.0 Å². The fourth-order valence-electron chi connectivity index (χ4n) is 11.0. The van der Waals surface area contributed by atoms with Crippen LogP contribution in [-0.4, -0.2) is 89.2 Å². The Labute approximate surface area is 532 Å². The fourth-order valence-corrected chi connectivity index (χ4v) is 11.0. The number of hydrogen-bond donors (Lipinski definition) is 3. The number of aliphatic hydroxyl groups is 2. The van der Waals surface area contributed by atoms with E-state index < -0.39 is 67.3 Å². The van der Waals surface area contributed by atoms with E-state index >= 15 is 0 Å². The van der Waals surface area contributed by atoms with E-state index in [2.05, 4.69) is 81.5 Å². The van der Waals surface area contributed by atoms with Crippen molar-refractivity contribution in [3.8, 4) is 0 Å². The molecule has 1 aliphatic heterocycles. The number of hydrogen-bond acceptors (Lipinski definition) is 11. The Bertz CT molecular complexity index is 1740. The highest BCUT2D eigenvalue weighted by molar-refractivity contribution is 5.74. The predicted molar refractivity (Wildman–Crippen MR) is 359 cm³/mol. The molecule has 87 heavy (non-hydrogen) atoms. The summed E-state index contributed by atoms with van der Waals surface area (Å²) >= 11 is 0. The number of esters is 3. The highest BCUT2D eigenvalue weighted by Gasteiger charge is 2.50. The molecule has 1 rings (SSSR count). The molecule has 504 valence electrons. The zero-order valence-corrected chi connectivity index (χ0v) is 56.0. The van der Waals surface area contributed by atoms with Gasteiger partial charge >= 0.3 is 23.9 Å². The zero-order chi connectivity index (χ0) is 63.1. The van der Waals surface area contributed by atoms with Crippen LogP contribution in [0.3, 0.4) is 0 Å². The fraction of sp³-hybridized carbons (Fsp3) is 0.813. The molecule has 12 heteroatoms. The summed E-state index contributed by atoms with van der Waals surface area (Å²) in [6.45, 7) is 6.00. The van der Waals surface area contributed by atoms with Gasteiger partial charge in [-0.2, -0.15) is 0 Å². The van der Waals surface area contributed by atoms with E-state index in [-0.39, 0.29) is 25.9 Å². The van der Waals surface area contributed by atoms with Gasteiger partial charge in [0.1, 0.15) is 18.8 Å². The Balaban J connectivity index is 2.62. The van der Waals surface area contributed by atoms with Crippen LogP contribution in [0.5, 0.6) is 0 Å². The lowest BCUT2D eigenvalue weighted by atomic mass is 9.98. The number of rotatable bonds is 63. The highest BCUT2D eigenvalue weighted by atomic mass is 16.7. The Morgan fingerprint density at radius 1 is 0.379 bits per heavy atom. The lowest BCUT2D eigenvalue weighted by Gasteiger charge is -2.40. The predicted octanol–water partition coefficient (Wildman–Crippen LogP) is 20.2. The summed E-state index contributed by atoms with van der Waals surface area (Å²) in [4.78, 5) is 51.6. The molecule has 0 saturated carbocycles. The number of unbranched alkanes of at least 4 members (excludes halogenated alkanes) is 39. The van der Waals surface area contributed by atoms with Gasteiger partial charge in [-0.05, 0) is 109 Å². The van der Waals surface area contributed by atoms with Gasteiger partial charge in [0.25, 0.3) is 0 Å². The van der Waals surface area contributed by atoms with Gasteiger partial charge in [0.15, 0.2) is 24.6 Å². The molecule has 0 aliphatic carbocycles. The topological polar surface area (TPSA) is 175 Å². The van der Waals surface area contributed by atoms with Crippen LogP contribution in [-0.2, 0) is 42.9 Å². The zero-order valence-electron chi connectivity index (χ0n) is 56.0. The molecule has 0 radical (unpaired) electrons. The standard InChI is InChI=1S/C75H132O12/c1-4-7-10-13-16-19-22-25-28-31-34-37-40-43-46-49-52-55-58-61-67(76)83-64-66(85-68(77)62-59-56-53-50-47-44-41-38-35-32-29-26-23-20-17-14-11-8-5-2)65-84-75-73(71(80)70(79)72(87-75)74(81)82)86-69(78)63-60-57-54-51-48-45-42-39-36-33-30-27-24-21-18-15-12-9-6-3/h16,18-19,21,25-30,66,70-73,75,79-80H,4-15,17,20,22-24,31-65H2,1-3H3,(H,81,82)/b19-16-,21-18-,28-25-,29-26-,30-27-. The van der Waals surface area contributed by atoms with Crippen molar-refractivity contribution >= 4 is 23.9 Å². The monoisotopic (exact) mass is 1220 g/mol. The number of carboxylic acid groups (broad SMARTS) is 1. The molecule has 6 atom stereocenters. The van der Waals surface area contributed by atoms with Crippen molar-refractivity contribution in [1.29, 1.82) is 0 Å². The van der Waals surface area contributed by atoms with E-state index in [1.54, 1.807) is 0 Å². The molecule has 0 bridgehead atoms. The van der Waals surface area contributed by atoms with Crippen LogP contribution < -0.4 is 0 Å². The van der Waals surface area contributed by atoms with Gasteiger partial charge in [0.05, 0.1) is 6.61 Å². The molecule has 0 amide bonds. The summed E-state index contributed by atoms with van der Waals surface area (Å²) in [6, 6.07) is 0. The number of carboxylic acids is 1. The normalized spacial score (nSPS) is 17.6. The van der Waals surface area contributed by atoms with Gasteiger partial charge in [-0.15, -0.1) is 0 Å². The van der Waals surface area contributed by atoms with Crippen LogP contribution in [0.25, 0.3) is 0 Å². The molecule has 1 fully saturated rings. The minimum absolute atomic E-state index is 0.0560. The molecule has 0 aromatic carbocycles. The van der Waals surface area contributed by atoms with Crippen LogP contribution >= 0.6 is 0 Å². The average Bonchev–Trinajstić information content (AvgIpc) is 2.56. The number of carbonyl (C=O) groups excluding carboxylic acids is 3. The number of ether oxygens (including phenoxy) is 5. The van der Waals surface area contributed by atoms with Crippen molar-refractivity contribution in [2.75, 3.05) is 13.2 Å². The second-order valence-electron chi connectivity index (χ2n) is 24.9. The first-order valence-electron chi connectivity index (χ1n) is 36.3. The maximum Gasteiger partial charge on any atom is 0.335 e. The minimum atomic E-state index is -1.91. The third-order valence-corrected chi connectivity index (χ3v) is 16.5. The first-order valence-corrected chi connectivity index (χ1v) is 36.3. The van der Waals surface area contributed by atoms with E-state index in [0.29, 0.717) is 19.3 Å². The van der Waals surface area contributed by atoms with Crippen molar-refractivity contribution in [2.24, 2.45) is 0 Å². The summed E-state index contributed by atoms with van der Waals surface area (Å²) in [6.07, 6.45) is 67.3. The summed E-state index contributed by atoms with van der Waals surface area (Å²) in [5.74, 6) is -3.10. The third kappa shape index (κ3) is 51.8. The second-order valence-corrected chi connectivity index (χ2v) is 24.9. The molecule has 0 spiro atoms. The number of allylic oxidation sites excluding steroid dienone is 10. The molecule has 12 nitrogen and oxygen atoms in total. The first kappa shape index (κ1) is 81.4. The van der Waals surface area contributed by atoms with Gasteiger partial charge in [-0.1, -0.05) is 274 Å². The van der Waals surface area contributed by atoms with Gasteiger partial charge in [0, 0.05) is 19.3 Å². The largest absolute Gasteiger partial charge is 0.479 e. The molecule has 1 aliphatic rings. The summed E-state index contributed by atoms with van der Waals surface area (Å²) < 4.78 is 28.7. The van der Waals surface area contributed by atoms with Crippen molar-refractivity contribution in [1.82, 2.24) is 0 Å². The Hall–Kier alpha value is -3.58. The van der Waals surface area contributed by atoms with E-state index in [1.807, 2.05) is 0 Å². The molecule has 0 aromatic heterocycles. The molecular formula is C75H132O12. The smallest absolute Gasteiger partial charge is 0.335 e. The van der Waals surface area contributed by atoms with E-state index in [0.717, 1.165) is 89.9 Å². The molecule has 1 saturated heterocycles. The van der Waals surface area contributed by atoms with E-state index in [4.69, 9.17) is 23.7 Å². The Kier molecular flexibility index (Phi) is 58.6. The van der Waals surface area contributed by atoms with Crippen LogP contribution in [0, 0.1) is 0 Å². The minimum Gasteiger partial charge on any atom is -0.479 e. The Morgan fingerprint density at radius 3 is 1.07 bits per heavy atom. The van der Waals surface area contributed by atoms with Crippen LogP contribution in [0.15, 0.2) is 60.8 Å². The maximum atomic E-state index is 13.3. The van der Waals surface area contributed by atoms with Crippen LogP contribution in [0.1, 0.15) is 342 Å². The lowest BCUT2D eigenvalue weighted by molar-refractivity contribution is -0.301. The van der Waals surface area contributed by atoms with Crippen LogP contribution in [0.2, 0.25) is 0 Å². The van der Waals surface area contributed by atoms with Crippen molar-refractivity contribution in [3.05, 3.63) is 60.8 Å². The Morgan fingerprint density at radius 2 is 0.690 bits per heavy atom. The number of carbonyl (C=O) groups is 4. The number of aliphatic hydroxyl groups excluding tert-OH is 2. The quantitative estimate of drug-likeness (QED) is 0.0228. The highest BCUT2D eigenvalue weighted by Crippen LogP contribution is 2.27.